The fourth-order valence-electron chi connectivity index (χ4n) is 2.17. The predicted molar refractivity (Wildman–Crippen MR) is 81.3 cm³/mol. The molecule has 5 nitrogen and oxygen atoms in total. The van der Waals surface area contributed by atoms with Gasteiger partial charge in [-0.15, -0.1) is 0 Å². The van der Waals surface area contributed by atoms with Gasteiger partial charge in [0.1, 0.15) is 0 Å². The van der Waals surface area contributed by atoms with Crippen LogP contribution in [-0.4, -0.2) is 36.6 Å². The molecule has 0 bridgehead atoms. The van der Waals surface area contributed by atoms with Gasteiger partial charge >= 0.3 is 5.97 Å². The number of carboxylic acid groups (broad SMARTS) is 1. The van der Waals surface area contributed by atoms with E-state index in [0.717, 1.165) is 12.2 Å². The van der Waals surface area contributed by atoms with Gasteiger partial charge in [0.25, 0.3) is 0 Å². The summed E-state index contributed by atoms with van der Waals surface area (Å²) in [5.74, 6) is -0.145. The second-order valence-electron chi connectivity index (χ2n) is 5.50. The highest BCUT2D eigenvalue weighted by Gasteiger charge is 2.22. The Bertz CT molecular complexity index is 472. The van der Waals surface area contributed by atoms with Gasteiger partial charge in [0, 0.05) is 25.2 Å². The van der Waals surface area contributed by atoms with E-state index < -0.39 is 5.97 Å². The van der Waals surface area contributed by atoms with E-state index in [1.54, 1.807) is 0 Å². The Morgan fingerprint density at radius 3 is 2.57 bits per heavy atom. The number of nitrogens with one attached hydrogen (secondary N) is 1. The highest BCUT2D eigenvalue weighted by molar-refractivity contribution is 5.81. The Balaban J connectivity index is 1.87. The van der Waals surface area contributed by atoms with Crippen LogP contribution in [0.5, 0.6) is 0 Å². The molecule has 114 valence electrons. The van der Waals surface area contributed by atoms with Crippen LogP contribution in [0.1, 0.15) is 25.7 Å². The zero-order chi connectivity index (χ0) is 15.1. The number of aliphatic carboxylic acids is 1. The third-order valence-electron chi connectivity index (χ3n) is 3.56. The molecule has 1 amide bonds. The Labute approximate surface area is 125 Å². The van der Waals surface area contributed by atoms with Gasteiger partial charge in [-0.05, 0) is 37.3 Å². The summed E-state index contributed by atoms with van der Waals surface area (Å²) >= 11 is 0. The van der Waals surface area contributed by atoms with Crippen molar-refractivity contribution < 1.29 is 14.7 Å². The molecule has 1 aliphatic carbocycles. The molecule has 0 spiro atoms. The van der Waals surface area contributed by atoms with Gasteiger partial charge in [-0.2, -0.15) is 0 Å². The molecular weight excluding hydrogens is 268 g/mol. The van der Waals surface area contributed by atoms with Crippen LogP contribution in [-0.2, 0) is 9.59 Å². The summed E-state index contributed by atoms with van der Waals surface area (Å²) in [7, 11) is 0. The maximum absolute atomic E-state index is 12.0. The Hall–Kier alpha value is -2.04. The normalized spacial score (nSPS) is 13.7. The van der Waals surface area contributed by atoms with Crippen molar-refractivity contribution in [3.63, 3.8) is 0 Å². The molecule has 0 aliphatic heterocycles. The molecule has 1 saturated carbocycles. The third-order valence-corrected chi connectivity index (χ3v) is 3.56. The molecule has 1 fully saturated rings. The number of para-hydroxylation sites is 1. The summed E-state index contributed by atoms with van der Waals surface area (Å²) in [5, 5.41) is 11.7. The maximum atomic E-state index is 12.0. The number of amides is 1. The van der Waals surface area contributed by atoms with Crippen LogP contribution in [0.2, 0.25) is 0 Å². The number of hydrogen-bond acceptors (Lipinski definition) is 3. The standard InChI is InChI=1S/C16H22N2O3/c19-15(17-11-13-8-9-13)12-18(10-4-7-16(20)21)14-5-2-1-3-6-14/h1-3,5-6,13H,4,7-12H2,(H,17,19)(H,20,21). The van der Waals surface area contributed by atoms with Crippen molar-refractivity contribution in [1.29, 1.82) is 0 Å². The molecule has 0 atom stereocenters. The molecule has 0 heterocycles. The van der Waals surface area contributed by atoms with E-state index in [0.29, 0.717) is 18.9 Å². The number of rotatable bonds is 9. The van der Waals surface area contributed by atoms with E-state index in [9.17, 15) is 9.59 Å². The smallest absolute Gasteiger partial charge is 0.303 e. The first-order valence-corrected chi connectivity index (χ1v) is 7.43. The molecule has 1 aliphatic rings. The van der Waals surface area contributed by atoms with E-state index in [4.69, 9.17) is 5.11 Å². The largest absolute Gasteiger partial charge is 0.481 e. The monoisotopic (exact) mass is 290 g/mol. The van der Waals surface area contributed by atoms with Gasteiger partial charge in [-0.25, -0.2) is 0 Å². The number of carbonyl (C=O) groups is 2. The lowest BCUT2D eigenvalue weighted by molar-refractivity contribution is -0.137. The molecule has 1 aromatic rings. The Kier molecular flexibility index (Phi) is 5.60. The lowest BCUT2D eigenvalue weighted by Crippen LogP contribution is -2.38. The van der Waals surface area contributed by atoms with Gasteiger partial charge in [-0.1, -0.05) is 18.2 Å². The van der Waals surface area contributed by atoms with Crippen molar-refractivity contribution >= 4 is 17.6 Å². The molecule has 2 N–H and O–H groups in total. The fourth-order valence-corrected chi connectivity index (χ4v) is 2.17. The highest BCUT2D eigenvalue weighted by Crippen LogP contribution is 2.27. The van der Waals surface area contributed by atoms with Gasteiger partial charge in [0.15, 0.2) is 0 Å². The third kappa shape index (κ3) is 5.85. The lowest BCUT2D eigenvalue weighted by Gasteiger charge is -2.24. The molecule has 2 rings (SSSR count). The van der Waals surface area contributed by atoms with Crippen molar-refractivity contribution in [2.45, 2.75) is 25.7 Å². The predicted octanol–water partition coefficient (Wildman–Crippen LogP) is 1.88. The van der Waals surface area contributed by atoms with Crippen LogP contribution in [0.3, 0.4) is 0 Å². The summed E-state index contributed by atoms with van der Waals surface area (Å²) in [6.07, 6.45) is 3.07. The van der Waals surface area contributed by atoms with Gasteiger partial charge in [-0.3, -0.25) is 9.59 Å². The summed E-state index contributed by atoms with van der Waals surface area (Å²) < 4.78 is 0. The SMILES string of the molecule is O=C(O)CCCN(CC(=O)NCC1CC1)c1ccccc1. The van der Waals surface area contributed by atoms with Crippen LogP contribution in [0.25, 0.3) is 0 Å². The van der Waals surface area contributed by atoms with Gasteiger partial charge in [0.2, 0.25) is 5.91 Å². The molecule has 0 saturated heterocycles. The van der Waals surface area contributed by atoms with Crippen LogP contribution < -0.4 is 10.2 Å². The maximum Gasteiger partial charge on any atom is 0.303 e. The minimum Gasteiger partial charge on any atom is -0.481 e. The first-order valence-electron chi connectivity index (χ1n) is 7.43. The highest BCUT2D eigenvalue weighted by atomic mass is 16.4. The molecule has 0 unspecified atom stereocenters. The second kappa shape index (κ2) is 7.67. The van der Waals surface area contributed by atoms with E-state index in [2.05, 4.69) is 5.32 Å². The summed E-state index contributed by atoms with van der Waals surface area (Å²) in [6, 6.07) is 9.64. The molecule has 5 heteroatoms. The quantitative estimate of drug-likeness (QED) is 0.728. The van der Waals surface area contributed by atoms with Crippen molar-refractivity contribution in [3.8, 4) is 0 Å². The van der Waals surface area contributed by atoms with Gasteiger partial charge in [0.05, 0.1) is 6.54 Å². The zero-order valence-corrected chi connectivity index (χ0v) is 12.1. The second-order valence-corrected chi connectivity index (χ2v) is 5.50. The first kappa shape index (κ1) is 15.4. The fraction of sp³-hybridized carbons (Fsp3) is 0.500. The number of nitrogens with zero attached hydrogens (tertiary/aromatic N) is 1. The topological polar surface area (TPSA) is 69.6 Å². The first-order chi connectivity index (χ1) is 10.1. The summed E-state index contributed by atoms with van der Waals surface area (Å²) in [4.78, 5) is 24.5. The zero-order valence-electron chi connectivity index (χ0n) is 12.1. The summed E-state index contributed by atoms with van der Waals surface area (Å²) in [6.45, 7) is 1.60. The number of carbonyl (C=O) groups excluding carboxylic acids is 1. The lowest BCUT2D eigenvalue weighted by atomic mass is 10.2. The van der Waals surface area contributed by atoms with Gasteiger partial charge < -0.3 is 15.3 Å². The van der Waals surface area contributed by atoms with Crippen molar-refractivity contribution in [2.24, 2.45) is 5.92 Å². The van der Waals surface area contributed by atoms with Crippen LogP contribution in [0.15, 0.2) is 30.3 Å². The number of anilines is 1. The number of benzene rings is 1. The van der Waals surface area contributed by atoms with E-state index in [1.165, 1.54) is 12.8 Å². The van der Waals surface area contributed by atoms with Crippen LogP contribution >= 0.6 is 0 Å². The molecule has 0 radical (unpaired) electrons. The van der Waals surface area contributed by atoms with E-state index >= 15 is 0 Å². The van der Waals surface area contributed by atoms with E-state index in [-0.39, 0.29) is 18.9 Å². The molecule has 0 aromatic heterocycles. The Morgan fingerprint density at radius 1 is 1.24 bits per heavy atom. The summed E-state index contributed by atoms with van der Waals surface area (Å²) in [5.41, 5.74) is 0.949. The van der Waals surface area contributed by atoms with Crippen LogP contribution in [0.4, 0.5) is 5.69 Å². The van der Waals surface area contributed by atoms with Crippen molar-refractivity contribution in [1.82, 2.24) is 5.32 Å². The average Bonchev–Trinajstić information content (AvgIpc) is 3.29. The van der Waals surface area contributed by atoms with Crippen molar-refractivity contribution in [3.05, 3.63) is 30.3 Å². The number of hydrogen-bond donors (Lipinski definition) is 2. The Morgan fingerprint density at radius 2 is 1.95 bits per heavy atom. The minimum atomic E-state index is -0.804. The molecular formula is C16H22N2O3. The minimum absolute atomic E-state index is 0.000998. The molecule has 1 aromatic carbocycles. The average molecular weight is 290 g/mol. The molecule has 21 heavy (non-hydrogen) atoms. The number of carboxylic acids is 1. The van der Waals surface area contributed by atoms with Crippen LogP contribution in [0, 0.1) is 5.92 Å². The van der Waals surface area contributed by atoms with E-state index in [1.807, 2.05) is 35.2 Å². The van der Waals surface area contributed by atoms with Crippen molar-refractivity contribution in [2.75, 3.05) is 24.5 Å².